The van der Waals surface area contributed by atoms with E-state index in [1.807, 2.05) is 45.9 Å². The number of aryl methyl sites for hydroxylation is 1. The van der Waals surface area contributed by atoms with Crippen molar-refractivity contribution in [1.29, 1.82) is 0 Å². The Morgan fingerprint density at radius 1 is 1.31 bits per heavy atom. The van der Waals surface area contributed by atoms with Gasteiger partial charge in [-0.15, -0.1) is 0 Å². The second-order valence-corrected chi connectivity index (χ2v) is 2.73. The monoisotopic (exact) mass is 200 g/mol. The number of benzene rings is 1. The van der Waals surface area contributed by atoms with Gasteiger partial charge in [-0.05, 0) is 25.5 Å². The molecule has 0 N–H and O–H groups in total. The van der Waals surface area contributed by atoms with Crippen molar-refractivity contribution in [2.75, 3.05) is 6.61 Å². The predicted molar refractivity (Wildman–Crippen MR) is 58.7 cm³/mol. The number of halogens is 1. The minimum Gasteiger partial charge on any atom is -0.492 e. The summed E-state index contributed by atoms with van der Waals surface area (Å²) in [6.07, 6.45) is 0. The van der Waals surface area contributed by atoms with E-state index in [9.17, 15) is 0 Å². The van der Waals surface area contributed by atoms with Gasteiger partial charge >= 0.3 is 0 Å². The molecule has 0 aliphatic heterocycles. The summed E-state index contributed by atoms with van der Waals surface area (Å²) in [6.45, 7) is 8.59. The number of hydrogen-bond acceptors (Lipinski definition) is 1. The lowest BCUT2D eigenvalue weighted by Crippen LogP contribution is -1.94. The quantitative estimate of drug-likeness (QED) is 0.699. The molecule has 74 valence electrons. The molecule has 0 amide bonds. The molecule has 0 spiro atoms. The van der Waals surface area contributed by atoms with Crippen LogP contribution in [0.1, 0.15) is 26.3 Å². The van der Waals surface area contributed by atoms with Crippen LogP contribution in [0.4, 0.5) is 0 Å². The molecule has 2 heteroatoms. The Morgan fingerprint density at radius 3 is 2.38 bits per heavy atom. The summed E-state index contributed by atoms with van der Waals surface area (Å²) in [7, 11) is 0. The first kappa shape index (κ1) is 12.3. The molecule has 0 aliphatic rings. The highest BCUT2D eigenvalue weighted by Gasteiger charge is 2.02. The lowest BCUT2D eigenvalue weighted by atomic mass is 10.2. The molecule has 0 saturated carbocycles. The molecule has 1 aromatic carbocycles. The number of para-hydroxylation sites is 1. The normalized spacial score (nSPS) is 8.69. The van der Waals surface area contributed by atoms with Crippen molar-refractivity contribution in [3.8, 4) is 5.75 Å². The Morgan fingerprint density at radius 2 is 1.92 bits per heavy atom. The zero-order chi connectivity index (χ0) is 10.3. The first-order valence-electron chi connectivity index (χ1n) is 4.63. The average Bonchev–Trinajstić information content (AvgIpc) is 2.15. The van der Waals surface area contributed by atoms with Gasteiger partial charge in [0.25, 0.3) is 0 Å². The molecule has 0 atom stereocenters. The predicted octanol–water partition coefficient (Wildman–Crippen LogP) is 4.07. The second-order valence-electron chi connectivity index (χ2n) is 2.32. The summed E-state index contributed by atoms with van der Waals surface area (Å²) < 4.78 is 5.34. The fraction of sp³-hybridized carbons (Fsp3) is 0.455. The van der Waals surface area contributed by atoms with Gasteiger partial charge in [0.2, 0.25) is 0 Å². The van der Waals surface area contributed by atoms with Crippen molar-refractivity contribution in [3.63, 3.8) is 0 Å². The average molecular weight is 201 g/mol. The summed E-state index contributed by atoms with van der Waals surface area (Å²) in [6, 6.07) is 5.73. The van der Waals surface area contributed by atoms with Crippen LogP contribution in [-0.2, 0) is 0 Å². The summed E-state index contributed by atoms with van der Waals surface area (Å²) in [4.78, 5) is 0. The fourth-order valence-corrected chi connectivity index (χ4v) is 1.22. The third-order valence-electron chi connectivity index (χ3n) is 1.45. The maximum atomic E-state index is 5.88. The van der Waals surface area contributed by atoms with E-state index in [0.29, 0.717) is 11.6 Å². The highest BCUT2D eigenvalue weighted by atomic mass is 35.5. The van der Waals surface area contributed by atoms with E-state index in [0.717, 1.165) is 11.3 Å². The molecule has 0 aliphatic carbocycles. The van der Waals surface area contributed by atoms with E-state index in [4.69, 9.17) is 16.3 Å². The standard InChI is InChI=1S/C9H11ClO.C2H6/c1-3-11-9-7(2)5-4-6-8(9)10;1-2/h4-6H,3H2,1-2H3;1-2H3. The minimum absolute atomic E-state index is 0.657. The molecule has 0 bridgehead atoms. The summed E-state index contributed by atoms with van der Waals surface area (Å²) in [5.74, 6) is 0.802. The van der Waals surface area contributed by atoms with Gasteiger partial charge in [-0.3, -0.25) is 0 Å². The highest BCUT2D eigenvalue weighted by Crippen LogP contribution is 2.27. The molecule has 1 nitrogen and oxygen atoms in total. The van der Waals surface area contributed by atoms with Crippen molar-refractivity contribution in [2.24, 2.45) is 0 Å². The Balaban J connectivity index is 0.000000671. The number of ether oxygens (including phenoxy) is 1. The van der Waals surface area contributed by atoms with Crippen LogP contribution >= 0.6 is 11.6 Å². The lowest BCUT2D eigenvalue weighted by molar-refractivity contribution is 0.338. The van der Waals surface area contributed by atoms with Crippen LogP contribution in [0.15, 0.2) is 18.2 Å². The molecule has 13 heavy (non-hydrogen) atoms. The molecular weight excluding hydrogens is 184 g/mol. The van der Waals surface area contributed by atoms with Gasteiger partial charge in [-0.25, -0.2) is 0 Å². The third kappa shape index (κ3) is 3.69. The van der Waals surface area contributed by atoms with Gasteiger partial charge in [0.05, 0.1) is 11.6 Å². The number of hydrogen-bond donors (Lipinski definition) is 0. The molecule has 0 saturated heterocycles. The molecule has 1 rings (SSSR count). The zero-order valence-electron chi connectivity index (χ0n) is 8.73. The largest absolute Gasteiger partial charge is 0.492 e. The Labute approximate surface area is 85.7 Å². The van der Waals surface area contributed by atoms with Crippen molar-refractivity contribution < 1.29 is 4.74 Å². The Bertz CT molecular complexity index is 226. The summed E-state index contributed by atoms with van der Waals surface area (Å²) >= 11 is 5.88. The van der Waals surface area contributed by atoms with E-state index in [2.05, 4.69) is 0 Å². The van der Waals surface area contributed by atoms with Crippen LogP contribution < -0.4 is 4.74 Å². The maximum Gasteiger partial charge on any atom is 0.140 e. The first-order chi connectivity index (χ1) is 6.25. The van der Waals surface area contributed by atoms with Crippen LogP contribution in [0.3, 0.4) is 0 Å². The fourth-order valence-electron chi connectivity index (χ4n) is 0.944. The van der Waals surface area contributed by atoms with E-state index >= 15 is 0 Å². The van der Waals surface area contributed by atoms with E-state index in [1.54, 1.807) is 0 Å². The van der Waals surface area contributed by atoms with Crippen molar-refractivity contribution >= 4 is 11.6 Å². The van der Waals surface area contributed by atoms with E-state index in [1.165, 1.54) is 0 Å². The van der Waals surface area contributed by atoms with Crippen LogP contribution in [-0.4, -0.2) is 6.61 Å². The van der Waals surface area contributed by atoms with Gasteiger partial charge in [0.1, 0.15) is 5.75 Å². The van der Waals surface area contributed by atoms with Crippen molar-refractivity contribution in [1.82, 2.24) is 0 Å². The summed E-state index contributed by atoms with van der Waals surface area (Å²) in [5, 5.41) is 0.687. The van der Waals surface area contributed by atoms with Crippen LogP contribution in [0.2, 0.25) is 5.02 Å². The van der Waals surface area contributed by atoms with E-state index < -0.39 is 0 Å². The van der Waals surface area contributed by atoms with E-state index in [-0.39, 0.29) is 0 Å². The third-order valence-corrected chi connectivity index (χ3v) is 1.75. The molecule has 0 radical (unpaired) electrons. The summed E-state index contributed by atoms with van der Waals surface area (Å²) in [5.41, 5.74) is 1.08. The maximum absolute atomic E-state index is 5.88. The topological polar surface area (TPSA) is 9.23 Å². The van der Waals surface area contributed by atoms with Crippen molar-refractivity contribution in [3.05, 3.63) is 28.8 Å². The van der Waals surface area contributed by atoms with Crippen molar-refractivity contribution in [2.45, 2.75) is 27.7 Å². The molecular formula is C11H17ClO. The number of rotatable bonds is 2. The SMILES string of the molecule is CC.CCOc1c(C)cccc1Cl. The van der Waals surface area contributed by atoms with Crippen LogP contribution in [0.5, 0.6) is 5.75 Å². The van der Waals surface area contributed by atoms with Gasteiger partial charge in [0.15, 0.2) is 0 Å². The smallest absolute Gasteiger partial charge is 0.140 e. The molecule has 0 aromatic heterocycles. The Kier molecular flexibility index (Phi) is 6.43. The van der Waals surface area contributed by atoms with Crippen LogP contribution in [0, 0.1) is 6.92 Å². The van der Waals surface area contributed by atoms with Gasteiger partial charge in [0, 0.05) is 0 Å². The van der Waals surface area contributed by atoms with Gasteiger partial charge < -0.3 is 4.74 Å². The van der Waals surface area contributed by atoms with Gasteiger partial charge in [-0.2, -0.15) is 0 Å². The molecule has 1 aromatic rings. The first-order valence-corrected chi connectivity index (χ1v) is 5.01. The van der Waals surface area contributed by atoms with Gasteiger partial charge in [-0.1, -0.05) is 37.6 Å². The second kappa shape index (κ2) is 6.79. The molecule has 0 heterocycles. The van der Waals surface area contributed by atoms with Crippen LogP contribution in [0.25, 0.3) is 0 Å². The zero-order valence-corrected chi connectivity index (χ0v) is 9.48. The lowest BCUT2D eigenvalue weighted by Gasteiger charge is -2.07. The minimum atomic E-state index is 0.657. The molecule has 0 fully saturated rings. The highest BCUT2D eigenvalue weighted by molar-refractivity contribution is 6.32. The molecule has 0 unspecified atom stereocenters. The Hall–Kier alpha value is -0.690.